The third-order valence-electron chi connectivity index (χ3n) is 8.39. The van der Waals surface area contributed by atoms with Gasteiger partial charge in [0.25, 0.3) is 0 Å². The normalized spacial score (nSPS) is 47.2. The second-order valence-electron chi connectivity index (χ2n) is 11.0. The highest BCUT2D eigenvalue weighted by atomic mass is 14.9. The number of hydrogen-bond acceptors (Lipinski definition) is 2. The first-order valence-electron chi connectivity index (χ1n) is 11.0. The van der Waals surface area contributed by atoms with Crippen LogP contribution in [0.15, 0.2) is 30.3 Å². The van der Waals surface area contributed by atoms with Gasteiger partial charge in [-0.2, -0.15) is 0 Å². The highest BCUT2D eigenvalue weighted by molar-refractivity contribution is 5.31. The minimum atomic E-state index is 0.450. The van der Waals surface area contributed by atoms with Crippen LogP contribution >= 0.6 is 0 Å². The summed E-state index contributed by atoms with van der Waals surface area (Å²) < 4.78 is 0. The molecule has 2 heteroatoms. The van der Waals surface area contributed by atoms with Crippen LogP contribution in [0.25, 0.3) is 0 Å². The summed E-state index contributed by atoms with van der Waals surface area (Å²) in [4.78, 5) is 0. The molecule has 0 amide bonds. The summed E-state index contributed by atoms with van der Waals surface area (Å²) in [6.45, 7) is 3.84. The largest absolute Gasteiger partial charge is 0.328 e. The SMILES string of the molecule is CC12CC3CC(CNC4CCC(N)CC4)(C1)CC(c1ccccc1)(C3)C2. The van der Waals surface area contributed by atoms with Crippen molar-refractivity contribution in [1.82, 2.24) is 5.32 Å². The molecule has 0 aromatic heterocycles. The molecule has 0 spiro atoms. The summed E-state index contributed by atoms with van der Waals surface area (Å²) in [5.41, 5.74) is 9.28. The number of rotatable bonds is 4. The summed E-state index contributed by atoms with van der Waals surface area (Å²) in [6, 6.07) is 12.7. The Labute approximate surface area is 159 Å². The van der Waals surface area contributed by atoms with Crippen LogP contribution in [-0.2, 0) is 5.41 Å². The molecule has 5 aliphatic rings. The zero-order valence-corrected chi connectivity index (χ0v) is 16.5. The second kappa shape index (κ2) is 6.07. The third-order valence-corrected chi connectivity index (χ3v) is 8.39. The second-order valence-corrected chi connectivity index (χ2v) is 11.0. The first-order valence-corrected chi connectivity index (χ1v) is 11.0. The van der Waals surface area contributed by atoms with Gasteiger partial charge in [-0.05, 0) is 91.9 Å². The molecule has 4 atom stereocenters. The van der Waals surface area contributed by atoms with Crippen LogP contribution in [0, 0.1) is 16.7 Å². The van der Waals surface area contributed by atoms with Crippen molar-refractivity contribution in [3.8, 4) is 0 Å². The molecule has 1 aromatic rings. The van der Waals surface area contributed by atoms with E-state index in [1.54, 1.807) is 5.56 Å². The molecule has 1 aromatic carbocycles. The number of benzene rings is 1. The topological polar surface area (TPSA) is 38.0 Å². The van der Waals surface area contributed by atoms with Crippen molar-refractivity contribution in [2.45, 2.75) is 88.6 Å². The minimum Gasteiger partial charge on any atom is -0.328 e. The highest BCUT2D eigenvalue weighted by Crippen LogP contribution is 2.69. The molecule has 26 heavy (non-hydrogen) atoms. The van der Waals surface area contributed by atoms with Crippen LogP contribution in [-0.4, -0.2) is 18.6 Å². The van der Waals surface area contributed by atoms with E-state index in [1.807, 2.05) is 0 Å². The summed E-state index contributed by atoms with van der Waals surface area (Å²) in [6.07, 6.45) is 13.6. The van der Waals surface area contributed by atoms with E-state index >= 15 is 0 Å². The fourth-order valence-corrected chi connectivity index (χ4v) is 8.13. The summed E-state index contributed by atoms with van der Waals surface area (Å²) in [5.74, 6) is 0.943. The van der Waals surface area contributed by atoms with Gasteiger partial charge in [0.1, 0.15) is 0 Å². The van der Waals surface area contributed by atoms with Gasteiger partial charge in [0.15, 0.2) is 0 Å². The molecular weight excluding hydrogens is 316 g/mol. The summed E-state index contributed by atoms with van der Waals surface area (Å²) in [7, 11) is 0. The molecule has 2 nitrogen and oxygen atoms in total. The Morgan fingerprint density at radius 1 is 0.962 bits per heavy atom. The Morgan fingerprint density at radius 2 is 1.73 bits per heavy atom. The maximum Gasteiger partial charge on any atom is 0.00684 e. The van der Waals surface area contributed by atoms with Crippen LogP contribution in [0.1, 0.15) is 76.7 Å². The number of nitrogens with two attached hydrogens (primary N) is 1. The van der Waals surface area contributed by atoms with Crippen molar-refractivity contribution in [3.63, 3.8) is 0 Å². The van der Waals surface area contributed by atoms with Gasteiger partial charge in [0.05, 0.1) is 0 Å². The van der Waals surface area contributed by atoms with Crippen LogP contribution in [0.5, 0.6) is 0 Å². The zero-order valence-electron chi connectivity index (χ0n) is 16.5. The van der Waals surface area contributed by atoms with Crippen molar-refractivity contribution >= 4 is 0 Å². The monoisotopic (exact) mass is 352 g/mol. The van der Waals surface area contributed by atoms with Crippen molar-refractivity contribution in [2.24, 2.45) is 22.5 Å². The molecule has 0 heterocycles. The lowest BCUT2D eigenvalue weighted by molar-refractivity contribution is -0.118. The van der Waals surface area contributed by atoms with E-state index in [-0.39, 0.29) is 0 Å². The van der Waals surface area contributed by atoms with Crippen LogP contribution in [0.2, 0.25) is 0 Å². The predicted molar refractivity (Wildman–Crippen MR) is 108 cm³/mol. The lowest BCUT2D eigenvalue weighted by Gasteiger charge is -2.66. The Kier molecular flexibility index (Phi) is 4.03. The van der Waals surface area contributed by atoms with Gasteiger partial charge in [-0.1, -0.05) is 37.3 Å². The smallest absolute Gasteiger partial charge is 0.00684 e. The van der Waals surface area contributed by atoms with Gasteiger partial charge in [-0.25, -0.2) is 0 Å². The predicted octanol–water partition coefficient (Wildman–Crippen LogP) is 4.77. The number of hydrogen-bond donors (Lipinski definition) is 2. The van der Waals surface area contributed by atoms with Crippen LogP contribution < -0.4 is 11.1 Å². The molecule has 4 bridgehead atoms. The van der Waals surface area contributed by atoms with E-state index in [0.717, 1.165) is 5.92 Å². The molecule has 5 fully saturated rings. The molecule has 0 saturated heterocycles. The van der Waals surface area contributed by atoms with Crippen molar-refractivity contribution < 1.29 is 0 Å². The van der Waals surface area contributed by atoms with Crippen molar-refractivity contribution in [2.75, 3.05) is 6.54 Å². The minimum absolute atomic E-state index is 0.450. The van der Waals surface area contributed by atoms with E-state index in [9.17, 15) is 0 Å². The molecule has 0 aliphatic heterocycles. The molecule has 3 N–H and O–H groups in total. The molecule has 4 unspecified atom stereocenters. The Balaban J connectivity index is 1.37. The average molecular weight is 353 g/mol. The maximum absolute atomic E-state index is 6.11. The lowest BCUT2D eigenvalue weighted by Crippen LogP contribution is -2.60. The first kappa shape index (κ1) is 17.3. The highest BCUT2D eigenvalue weighted by Gasteiger charge is 2.61. The van der Waals surface area contributed by atoms with Gasteiger partial charge in [-0.15, -0.1) is 0 Å². The van der Waals surface area contributed by atoms with Gasteiger partial charge >= 0.3 is 0 Å². The maximum atomic E-state index is 6.11. The Morgan fingerprint density at radius 3 is 2.46 bits per heavy atom. The third kappa shape index (κ3) is 2.94. The Bertz CT molecular complexity index is 649. The van der Waals surface area contributed by atoms with E-state index in [0.29, 0.717) is 28.3 Å². The van der Waals surface area contributed by atoms with Gasteiger partial charge in [0, 0.05) is 18.6 Å². The molecular formula is C24H36N2. The quantitative estimate of drug-likeness (QED) is 0.819. The molecule has 5 aliphatic carbocycles. The van der Waals surface area contributed by atoms with Crippen LogP contribution in [0.3, 0.4) is 0 Å². The molecule has 5 saturated carbocycles. The lowest BCUT2D eigenvalue weighted by atomic mass is 9.39. The van der Waals surface area contributed by atoms with E-state index in [2.05, 4.69) is 42.6 Å². The Hall–Kier alpha value is -0.860. The summed E-state index contributed by atoms with van der Waals surface area (Å²) in [5, 5.41) is 4.03. The van der Waals surface area contributed by atoms with Gasteiger partial charge < -0.3 is 11.1 Å². The van der Waals surface area contributed by atoms with Crippen molar-refractivity contribution in [1.29, 1.82) is 0 Å². The fraction of sp³-hybridized carbons (Fsp3) is 0.750. The van der Waals surface area contributed by atoms with Gasteiger partial charge in [0.2, 0.25) is 0 Å². The van der Waals surface area contributed by atoms with E-state index < -0.39 is 0 Å². The molecule has 0 radical (unpaired) electrons. The van der Waals surface area contributed by atoms with E-state index in [4.69, 9.17) is 5.73 Å². The summed E-state index contributed by atoms with van der Waals surface area (Å²) >= 11 is 0. The zero-order chi connectivity index (χ0) is 17.8. The average Bonchev–Trinajstić information content (AvgIpc) is 2.60. The van der Waals surface area contributed by atoms with Gasteiger partial charge in [-0.3, -0.25) is 0 Å². The molecule has 6 rings (SSSR count). The fourth-order valence-electron chi connectivity index (χ4n) is 8.13. The standard InChI is InChI=1S/C24H36N2/c1-22-11-18-12-23(14-22,17-26-21-9-7-20(25)8-10-21)16-24(13-18,15-22)19-5-3-2-4-6-19/h2-6,18,20-21,26H,7-17,25H2,1H3. The molecule has 142 valence electrons. The number of nitrogens with one attached hydrogen (secondary N) is 1. The van der Waals surface area contributed by atoms with Crippen LogP contribution in [0.4, 0.5) is 0 Å². The van der Waals surface area contributed by atoms with E-state index in [1.165, 1.54) is 70.8 Å². The first-order chi connectivity index (χ1) is 12.5. The van der Waals surface area contributed by atoms with Crippen molar-refractivity contribution in [3.05, 3.63) is 35.9 Å².